The van der Waals surface area contributed by atoms with Gasteiger partial charge in [0.05, 0.1) is 0 Å². The molecule has 3 rings (SSSR count). The lowest BCUT2D eigenvalue weighted by Crippen LogP contribution is -2.57. The Labute approximate surface area is 148 Å². The average molecular weight is 371 g/mol. The van der Waals surface area contributed by atoms with Gasteiger partial charge in [0.15, 0.2) is 14.6 Å². The second-order valence-corrected chi connectivity index (χ2v) is 9.57. The number of rotatable bonds is 3. The molecule has 5 nitrogen and oxygen atoms in total. The second kappa shape index (κ2) is 6.65. The van der Waals surface area contributed by atoms with E-state index in [4.69, 9.17) is 11.6 Å². The lowest BCUT2D eigenvalue weighted by molar-refractivity contribution is -0.133. The van der Waals surface area contributed by atoms with E-state index in [1.807, 2.05) is 24.3 Å². The summed E-state index contributed by atoms with van der Waals surface area (Å²) in [6, 6.07) is 7.67. The molecule has 0 saturated carbocycles. The van der Waals surface area contributed by atoms with E-state index in [0.717, 1.165) is 12.0 Å². The van der Waals surface area contributed by atoms with Crippen molar-refractivity contribution in [1.29, 1.82) is 0 Å². The van der Waals surface area contributed by atoms with Crippen LogP contribution < -0.4 is 5.32 Å². The summed E-state index contributed by atoms with van der Waals surface area (Å²) in [5.74, 6) is 0.0208. The highest BCUT2D eigenvalue weighted by molar-refractivity contribution is 7.92. The van der Waals surface area contributed by atoms with E-state index < -0.39 is 14.6 Å². The number of nitrogens with zero attached hydrogens (tertiary/aromatic N) is 1. The van der Waals surface area contributed by atoms with Crippen LogP contribution in [0.5, 0.6) is 0 Å². The van der Waals surface area contributed by atoms with Crippen LogP contribution in [-0.2, 0) is 14.6 Å². The van der Waals surface area contributed by atoms with Gasteiger partial charge in [-0.15, -0.1) is 0 Å². The van der Waals surface area contributed by atoms with Crippen LogP contribution in [0, 0.1) is 0 Å². The van der Waals surface area contributed by atoms with Crippen molar-refractivity contribution in [3.05, 3.63) is 34.9 Å². The first kappa shape index (κ1) is 17.7. The maximum Gasteiger partial charge on any atom is 0.244 e. The Morgan fingerprint density at radius 3 is 2.46 bits per heavy atom. The van der Waals surface area contributed by atoms with Crippen molar-refractivity contribution in [2.45, 2.75) is 29.9 Å². The van der Waals surface area contributed by atoms with Crippen molar-refractivity contribution in [3.8, 4) is 0 Å². The number of hydrogen-bond acceptors (Lipinski definition) is 4. The van der Waals surface area contributed by atoms with Gasteiger partial charge in [-0.05, 0) is 50.0 Å². The number of nitrogens with one attached hydrogen (secondary N) is 1. The van der Waals surface area contributed by atoms with Crippen molar-refractivity contribution in [1.82, 2.24) is 10.2 Å². The number of piperidine rings is 1. The predicted molar refractivity (Wildman–Crippen MR) is 95.1 cm³/mol. The van der Waals surface area contributed by atoms with E-state index in [1.165, 1.54) is 6.26 Å². The fourth-order valence-electron chi connectivity index (χ4n) is 3.81. The van der Waals surface area contributed by atoms with E-state index >= 15 is 0 Å². The molecule has 7 heteroatoms. The molecule has 24 heavy (non-hydrogen) atoms. The van der Waals surface area contributed by atoms with E-state index in [9.17, 15) is 13.2 Å². The topological polar surface area (TPSA) is 66.5 Å². The zero-order valence-electron chi connectivity index (χ0n) is 13.8. The number of sulfone groups is 1. The van der Waals surface area contributed by atoms with Crippen LogP contribution in [0.25, 0.3) is 0 Å². The van der Waals surface area contributed by atoms with Gasteiger partial charge in [-0.3, -0.25) is 4.79 Å². The third-order valence-corrected chi connectivity index (χ3v) is 7.58. The Hall–Kier alpha value is -1.11. The predicted octanol–water partition coefficient (Wildman–Crippen LogP) is 1.82. The molecule has 1 unspecified atom stereocenters. The fraction of sp³-hybridized carbons (Fsp3) is 0.588. The SMILES string of the molecule is CS(=O)(=O)C1(C(=O)N2CCC(c3ccc(Cl)cc3)C2)CCNCC1. The lowest BCUT2D eigenvalue weighted by atomic mass is 9.95. The molecular formula is C17H23ClN2O3S. The molecule has 132 valence electrons. The van der Waals surface area contributed by atoms with Gasteiger partial charge >= 0.3 is 0 Å². The highest BCUT2D eigenvalue weighted by Gasteiger charge is 2.51. The zero-order chi connectivity index (χ0) is 17.4. The lowest BCUT2D eigenvalue weighted by Gasteiger charge is -2.37. The van der Waals surface area contributed by atoms with Gasteiger partial charge in [-0.1, -0.05) is 23.7 Å². The normalized spacial score (nSPS) is 24.1. The van der Waals surface area contributed by atoms with Crippen molar-refractivity contribution in [2.75, 3.05) is 32.4 Å². The van der Waals surface area contributed by atoms with Gasteiger partial charge < -0.3 is 10.2 Å². The Balaban J connectivity index is 1.79. The maximum absolute atomic E-state index is 13.1. The summed E-state index contributed by atoms with van der Waals surface area (Å²) in [5, 5.41) is 3.84. The van der Waals surface area contributed by atoms with Crippen LogP contribution in [0.1, 0.15) is 30.7 Å². The number of benzene rings is 1. The van der Waals surface area contributed by atoms with Gasteiger partial charge in [0.2, 0.25) is 5.91 Å². The minimum Gasteiger partial charge on any atom is -0.341 e. The van der Waals surface area contributed by atoms with Crippen LogP contribution in [0.2, 0.25) is 5.02 Å². The smallest absolute Gasteiger partial charge is 0.244 e. The third-order valence-electron chi connectivity index (χ3n) is 5.33. The summed E-state index contributed by atoms with van der Waals surface area (Å²) >= 11 is 5.93. The summed E-state index contributed by atoms with van der Waals surface area (Å²) in [5.41, 5.74) is 1.15. The van der Waals surface area contributed by atoms with Gasteiger partial charge in [-0.2, -0.15) is 0 Å². The highest BCUT2D eigenvalue weighted by Crippen LogP contribution is 2.34. The molecule has 1 amide bonds. The average Bonchev–Trinajstić information content (AvgIpc) is 3.04. The molecule has 2 aliphatic heterocycles. The van der Waals surface area contributed by atoms with Gasteiger partial charge in [0.25, 0.3) is 0 Å². The van der Waals surface area contributed by atoms with Gasteiger partial charge in [0.1, 0.15) is 0 Å². The molecule has 0 bridgehead atoms. The number of carbonyl (C=O) groups is 1. The van der Waals surface area contributed by atoms with Crippen LogP contribution in [0.3, 0.4) is 0 Å². The largest absolute Gasteiger partial charge is 0.341 e. The summed E-state index contributed by atoms with van der Waals surface area (Å²) in [6.07, 6.45) is 2.76. The first-order chi connectivity index (χ1) is 11.3. The molecular weight excluding hydrogens is 348 g/mol. The minimum atomic E-state index is -3.46. The first-order valence-corrected chi connectivity index (χ1v) is 10.6. The van der Waals surface area contributed by atoms with Crippen molar-refractivity contribution < 1.29 is 13.2 Å². The molecule has 0 aromatic heterocycles. The molecule has 2 aliphatic rings. The molecule has 1 aromatic carbocycles. The molecule has 1 aromatic rings. The van der Waals surface area contributed by atoms with Gasteiger partial charge in [0, 0.05) is 30.3 Å². The van der Waals surface area contributed by atoms with Crippen LogP contribution >= 0.6 is 11.6 Å². The second-order valence-electron chi connectivity index (χ2n) is 6.80. The van der Waals surface area contributed by atoms with Crippen LogP contribution in [0.4, 0.5) is 0 Å². The zero-order valence-corrected chi connectivity index (χ0v) is 15.4. The van der Waals surface area contributed by atoms with Crippen molar-refractivity contribution in [3.63, 3.8) is 0 Å². The number of carbonyl (C=O) groups excluding carboxylic acids is 1. The monoisotopic (exact) mass is 370 g/mol. The fourth-order valence-corrected chi connectivity index (χ4v) is 5.33. The Kier molecular flexibility index (Phi) is 4.91. The number of halogens is 1. The molecule has 1 N–H and O–H groups in total. The standard InChI is InChI=1S/C17H23ClN2O3S/c1-24(22,23)17(7-9-19-10-8-17)16(21)20-11-6-14(12-20)13-2-4-15(18)5-3-13/h2-5,14,19H,6-12H2,1H3. The van der Waals surface area contributed by atoms with E-state index in [0.29, 0.717) is 44.0 Å². The molecule has 0 radical (unpaired) electrons. The Bertz CT molecular complexity index is 712. The van der Waals surface area contributed by atoms with Gasteiger partial charge in [-0.25, -0.2) is 8.42 Å². The van der Waals surface area contributed by atoms with Crippen LogP contribution in [-0.4, -0.2) is 56.4 Å². The summed E-state index contributed by atoms with van der Waals surface area (Å²) in [4.78, 5) is 14.8. The quantitative estimate of drug-likeness (QED) is 0.881. The number of hydrogen-bond donors (Lipinski definition) is 1. The Morgan fingerprint density at radius 2 is 1.88 bits per heavy atom. The summed E-state index contributed by atoms with van der Waals surface area (Å²) in [6.45, 7) is 2.31. The van der Waals surface area contributed by atoms with E-state index in [1.54, 1.807) is 4.90 Å². The Morgan fingerprint density at radius 1 is 1.25 bits per heavy atom. The third kappa shape index (κ3) is 3.19. The molecule has 1 atom stereocenters. The summed E-state index contributed by atoms with van der Waals surface area (Å²) < 4.78 is 23.6. The summed E-state index contributed by atoms with van der Waals surface area (Å²) in [7, 11) is -3.46. The molecule has 0 spiro atoms. The first-order valence-electron chi connectivity index (χ1n) is 8.29. The maximum atomic E-state index is 13.1. The number of amides is 1. The molecule has 2 heterocycles. The molecule has 0 aliphatic carbocycles. The number of likely N-dealkylation sites (tertiary alicyclic amines) is 1. The molecule has 2 saturated heterocycles. The van der Waals surface area contributed by atoms with Crippen LogP contribution in [0.15, 0.2) is 24.3 Å². The minimum absolute atomic E-state index is 0.219. The molecule has 2 fully saturated rings. The van der Waals surface area contributed by atoms with Crippen molar-refractivity contribution in [2.24, 2.45) is 0 Å². The highest BCUT2D eigenvalue weighted by atomic mass is 35.5. The van der Waals surface area contributed by atoms with E-state index in [2.05, 4.69) is 5.32 Å². The van der Waals surface area contributed by atoms with E-state index in [-0.39, 0.29) is 11.8 Å². The van der Waals surface area contributed by atoms with Crippen molar-refractivity contribution >= 4 is 27.3 Å².